The second-order valence-corrected chi connectivity index (χ2v) is 8.65. The Kier molecular flexibility index (Phi) is 6.53. The van der Waals surface area contributed by atoms with Crippen molar-refractivity contribution in [1.82, 2.24) is 15.8 Å². The van der Waals surface area contributed by atoms with Crippen LogP contribution in [-0.4, -0.2) is 58.5 Å². The molecule has 1 aromatic rings. The highest BCUT2D eigenvalue weighted by Crippen LogP contribution is 2.47. The number of nitrogens with one attached hydrogen (secondary N) is 2. The highest BCUT2D eigenvalue weighted by molar-refractivity contribution is 8.01. The van der Waals surface area contributed by atoms with Crippen molar-refractivity contribution in [3.8, 4) is 5.75 Å². The monoisotopic (exact) mass is 441 g/mol. The summed E-state index contributed by atoms with van der Waals surface area (Å²) in [6.45, 7) is 1.03. The molecule has 0 spiro atoms. The van der Waals surface area contributed by atoms with Crippen molar-refractivity contribution in [3.63, 3.8) is 0 Å². The third kappa shape index (κ3) is 5.13. The summed E-state index contributed by atoms with van der Waals surface area (Å²) in [6.07, 6.45) is 1.09. The average molecular weight is 442 g/mol. The molecule has 0 saturated carbocycles. The van der Waals surface area contributed by atoms with Crippen LogP contribution in [0.1, 0.15) is 19.8 Å². The molecular formula is C18H20ClN3O6S. The number of rotatable bonds is 6. The summed E-state index contributed by atoms with van der Waals surface area (Å²) >= 11 is 7.29. The van der Waals surface area contributed by atoms with Crippen molar-refractivity contribution in [3.05, 3.63) is 29.3 Å². The van der Waals surface area contributed by atoms with E-state index in [9.17, 15) is 19.2 Å². The number of nitrogens with zero attached hydrogens (tertiary/aromatic N) is 1. The third-order valence-electron chi connectivity index (χ3n) is 4.59. The van der Waals surface area contributed by atoms with Crippen molar-refractivity contribution >= 4 is 47.1 Å². The van der Waals surface area contributed by atoms with Crippen LogP contribution in [0.15, 0.2) is 24.3 Å². The van der Waals surface area contributed by atoms with Crippen molar-refractivity contribution < 1.29 is 28.7 Å². The highest BCUT2D eigenvalue weighted by atomic mass is 35.5. The summed E-state index contributed by atoms with van der Waals surface area (Å²) in [6, 6.07) is 5.74. The molecule has 0 radical (unpaired) electrons. The fourth-order valence-corrected chi connectivity index (χ4v) is 4.66. The summed E-state index contributed by atoms with van der Waals surface area (Å²) < 4.78 is 10.2. The number of hydrogen-bond donors (Lipinski definition) is 2. The Balaban J connectivity index is 1.36. The summed E-state index contributed by atoms with van der Waals surface area (Å²) in [7, 11) is 0. The molecule has 29 heavy (non-hydrogen) atoms. The van der Waals surface area contributed by atoms with Gasteiger partial charge in [-0.25, -0.2) is 4.79 Å². The second-order valence-electron chi connectivity index (χ2n) is 6.71. The molecule has 2 fully saturated rings. The largest absolute Gasteiger partial charge is 0.484 e. The molecule has 2 saturated heterocycles. The summed E-state index contributed by atoms with van der Waals surface area (Å²) in [5.41, 5.74) is 4.29. The predicted molar refractivity (Wildman–Crippen MR) is 105 cm³/mol. The van der Waals surface area contributed by atoms with Crippen LogP contribution < -0.4 is 15.6 Å². The van der Waals surface area contributed by atoms with Gasteiger partial charge in [-0.2, -0.15) is 0 Å². The molecule has 9 nitrogen and oxygen atoms in total. The zero-order valence-electron chi connectivity index (χ0n) is 15.6. The Hall–Kier alpha value is -2.46. The van der Waals surface area contributed by atoms with E-state index >= 15 is 0 Å². The van der Waals surface area contributed by atoms with Gasteiger partial charge in [0.2, 0.25) is 5.91 Å². The fraction of sp³-hybridized carbons (Fsp3) is 0.444. The van der Waals surface area contributed by atoms with E-state index in [1.807, 2.05) is 6.92 Å². The van der Waals surface area contributed by atoms with Gasteiger partial charge in [0.1, 0.15) is 11.8 Å². The number of ether oxygens (including phenoxy) is 2. The lowest BCUT2D eigenvalue weighted by Gasteiger charge is -2.29. The van der Waals surface area contributed by atoms with E-state index < -0.39 is 30.4 Å². The quantitative estimate of drug-likeness (QED) is 0.497. The summed E-state index contributed by atoms with van der Waals surface area (Å²) in [5, 5.41) is 0.540. The van der Waals surface area contributed by atoms with E-state index in [0.717, 1.165) is 0 Å². The Morgan fingerprint density at radius 2 is 1.86 bits per heavy atom. The number of halogens is 1. The van der Waals surface area contributed by atoms with Crippen LogP contribution in [0.5, 0.6) is 5.75 Å². The number of carbonyl (C=O) groups excluding carboxylic acids is 4. The van der Waals surface area contributed by atoms with E-state index in [2.05, 4.69) is 10.9 Å². The van der Waals surface area contributed by atoms with Gasteiger partial charge in [-0.05, 0) is 37.6 Å². The van der Waals surface area contributed by atoms with E-state index in [1.165, 1.54) is 11.8 Å². The molecule has 0 bridgehead atoms. The van der Waals surface area contributed by atoms with E-state index in [-0.39, 0.29) is 17.4 Å². The van der Waals surface area contributed by atoms with Crippen LogP contribution in [0, 0.1) is 0 Å². The van der Waals surface area contributed by atoms with Crippen molar-refractivity contribution in [2.24, 2.45) is 0 Å². The number of thioether (sulfide) groups is 1. The molecular weight excluding hydrogens is 422 g/mol. The van der Waals surface area contributed by atoms with Crippen molar-refractivity contribution in [2.45, 2.75) is 30.7 Å². The molecule has 2 aliphatic rings. The van der Waals surface area contributed by atoms with Gasteiger partial charge in [0.05, 0.1) is 4.87 Å². The second kappa shape index (κ2) is 8.91. The van der Waals surface area contributed by atoms with E-state index in [0.29, 0.717) is 29.4 Å². The lowest BCUT2D eigenvalue weighted by molar-refractivity contribution is -0.156. The first-order chi connectivity index (χ1) is 13.8. The standard InChI is InChI=1S/C18H20ClN3O6S/c1-18-7-6-16(25)22(18)13(10-29-18)17(26)28-9-15(24)21-20-14(23)8-27-12-4-2-11(19)3-5-12/h2-5,13H,6-10H2,1H3,(H,20,23)(H,21,24)/t13-,18+/m1/s1. The minimum absolute atomic E-state index is 0.0862. The number of amides is 3. The van der Waals surface area contributed by atoms with Gasteiger partial charge >= 0.3 is 5.97 Å². The molecule has 0 unspecified atom stereocenters. The molecule has 0 aromatic heterocycles. The molecule has 11 heteroatoms. The van der Waals surface area contributed by atoms with Gasteiger partial charge in [-0.1, -0.05) is 11.6 Å². The van der Waals surface area contributed by atoms with Gasteiger partial charge in [0.15, 0.2) is 13.2 Å². The average Bonchev–Trinajstić information content (AvgIpc) is 3.19. The maximum atomic E-state index is 12.3. The SMILES string of the molecule is C[C@]12CCC(=O)N1[C@@H](C(=O)OCC(=O)NNC(=O)COc1ccc(Cl)cc1)CS2. The topological polar surface area (TPSA) is 114 Å². The summed E-state index contributed by atoms with van der Waals surface area (Å²) in [5.74, 6) is -1.14. The van der Waals surface area contributed by atoms with Crippen LogP contribution in [0.2, 0.25) is 5.02 Å². The third-order valence-corrected chi connectivity index (χ3v) is 6.34. The molecule has 156 valence electrons. The van der Waals surface area contributed by atoms with Crippen LogP contribution in [0.4, 0.5) is 0 Å². The molecule has 2 heterocycles. The maximum absolute atomic E-state index is 12.3. The molecule has 1 aromatic carbocycles. The Morgan fingerprint density at radius 1 is 1.21 bits per heavy atom. The zero-order valence-corrected chi connectivity index (χ0v) is 17.2. The van der Waals surface area contributed by atoms with Crippen molar-refractivity contribution in [1.29, 1.82) is 0 Å². The first-order valence-electron chi connectivity index (χ1n) is 8.87. The van der Waals surface area contributed by atoms with Crippen LogP contribution in [0.3, 0.4) is 0 Å². The zero-order chi connectivity index (χ0) is 21.0. The fourth-order valence-electron chi connectivity index (χ4n) is 3.12. The first-order valence-corrected chi connectivity index (χ1v) is 10.2. The van der Waals surface area contributed by atoms with Crippen molar-refractivity contribution in [2.75, 3.05) is 19.0 Å². The highest BCUT2D eigenvalue weighted by Gasteiger charge is 2.53. The number of hydrogen-bond acceptors (Lipinski definition) is 7. The number of hydrazine groups is 1. The minimum atomic E-state index is -0.709. The van der Waals surface area contributed by atoms with Gasteiger partial charge < -0.3 is 14.4 Å². The van der Waals surface area contributed by atoms with Crippen LogP contribution in [-0.2, 0) is 23.9 Å². The molecule has 3 amide bonds. The molecule has 0 aliphatic carbocycles. The lowest BCUT2D eigenvalue weighted by atomic mass is 10.2. The van der Waals surface area contributed by atoms with Crippen LogP contribution in [0.25, 0.3) is 0 Å². The van der Waals surface area contributed by atoms with E-state index in [4.69, 9.17) is 21.1 Å². The molecule has 2 N–H and O–H groups in total. The van der Waals surface area contributed by atoms with Gasteiger partial charge in [0, 0.05) is 17.2 Å². The number of benzene rings is 1. The summed E-state index contributed by atoms with van der Waals surface area (Å²) in [4.78, 5) is 49.0. The smallest absolute Gasteiger partial charge is 0.330 e. The Bertz CT molecular complexity index is 820. The van der Waals surface area contributed by atoms with Crippen LogP contribution >= 0.6 is 23.4 Å². The number of fused-ring (bicyclic) bond motifs is 1. The Labute approximate surface area is 176 Å². The number of esters is 1. The first kappa shape index (κ1) is 21.3. The van der Waals surface area contributed by atoms with Gasteiger partial charge in [0.25, 0.3) is 11.8 Å². The predicted octanol–water partition coefficient (Wildman–Crippen LogP) is 0.863. The van der Waals surface area contributed by atoms with E-state index in [1.54, 1.807) is 29.2 Å². The minimum Gasteiger partial charge on any atom is -0.484 e. The lowest BCUT2D eigenvalue weighted by Crippen LogP contribution is -2.48. The molecule has 2 aliphatic heterocycles. The van der Waals surface area contributed by atoms with Gasteiger partial charge in [-0.15, -0.1) is 11.8 Å². The Morgan fingerprint density at radius 3 is 2.55 bits per heavy atom. The number of carbonyl (C=O) groups is 4. The van der Waals surface area contributed by atoms with Gasteiger partial charge in [-0.3, -0.25) is 25.2 Å². The normalized spacial score (nSPS) is 22.8. The maximum Gasteiger partial charge on any atom is 0.330 e. The molecule has 3 rings (SSSR count). The molecule has 2 atom stereocenters.